The number of anilines is 1. The van der Waals surface area contributed by atoms with Gasteiger partial charge in [0, 0.05) is 26.3 Å². The largest absolute Gasteiger partial charge is 0.359 e. The van der Waals surface area contributed by atoms with E-state index in [0.717, 1.165) is 36.4 Å². The molecule has 0 unspecified atom stereocenters. The van der Waals surface area contributed by atoms with E-state index in [1.54, 1.807) is 0 Å². The normalized spacial score (nSPS) is 13.7. The lowest BCUT2D eigenvalue weighted by Crippen LogP contribution is -2.27. The lowest BCUT2D eigenvalue weighted by Gasteiger charge is -2.19. The van der Waals surface area contributed by atoms with Gasteiger partial charge in [-0.25, -0.2) is 4.98 Å². The number of nitrogens with zero attached hydrogens (tertiary/aromatic N) is 2. The highest BCUT2D eigenvalue weighted by molar-refractivity contribution is 6.05. The Morgan fingerprint density at radius 1 is 1.27 bits per heavy atom. The molecule has 0 radical (unpaired) electrons. The first kappa shape index (κ1) is 16.6. The van der Waals surface area contributed by atoms with Crippen LogP contribution in [0.2, 0.25) is 0 Å². The molecular formula is C21H24N4O. The molecule has 1 aromatic carbocycles. The first-order valence-corrected chi connectivity index (χ1v) is 9.22. The minimum atomic E-state index is -0.0236. The zero-order valence-corrected chi connectivity index (χ0v) is 15.0. The maximum Gasteiger partial charge on any atom is 0.253 e. The van der Waals surface area contributed by atoms with Crippen LogP contribution in [0, 0.1) is 5.92 Å². The van der Waals surface area contributed by atoms with E-state index in [4.69, 9.17) is 4.98 Å². The molecule has 2 N–H and O–H groups in total. The number of rotatable bonds is 7. The van der Waals surface area contributed by atoms with E-state index in [1.165, 1.54) is 18.4 Å². The number of carbonyl (C=O) groups is 1. The molecule has 0 bridgehead atoms. The number of carbonyl (C=O) groups excluding carboxylic acids is 1. The van der Waals surface area contributed by atoms with Gasteiger partial charge in [0.2, 0.25) is 0 Å². The summed E-state index contributed by atoms with van der Waals surface area (Å²) in [5.74, 6) is 1.46. The molecule has 0 spiro atoms. The molecule has 2 aromatic heterocycles. The molecule has 4 rings (SSSR count). The molecule has 1 aliphatic carbocycles. The molecular weight excluding hydrogens is 324 g/mol. The van der Waals surface area contributed by atoms with Crippen molar-refractivity contribution in [2.75, 3.05) is 25.0 Å². The van der Waals surface area contributed by atoms with Gasteiger partial charge in [-0.3, -0.25) is 4.79 Å². The first-order valence-electron chi connectivity index (χ1n) is 9.22. The lowest BCUT2D eigenvalue weighted by molar-refractivity contribution is 0.0953. The van der Waals surface area contributed by atoms with Crippen LogP contribution in [0.5, 0.6) is 0 Å². The Bertz CT molecular complexity index is 899. The third-order valence-corrected chi connectivity index (χ3v) is 4.97. The molecule has 0 atom stereocenters. The van der Waals surface area contributed by atoms with Crippen LogP contribution >= 0.6 is 0 Å². The van der Waals surface area contributed by atoms with Crippen molar-refractivity contribution >= 4 is 22.8 Å². The predicted octanol–water partition coefficient (Wildman–Crippen LogP) is 3.38. The third-order valence-electron chi connectivity index (χ3n) is 4.97. The van der Waals surface area contributed by atoms with Crippen LogP contribution in [-0.2, 0) is 6.42 Å². The highest BCUT2D eigenvalue weighted by Gasteiger charge is 2.23. The number of aromatic nitrogens is 2. The van der Waals surface area contributed by atoms with Crippen LogP contribution in [0.3, 0.4) is 0 Å². The molecule has 1 aliphatic rings. The minimum Gasteiger partial charge on any atom is -0.359 e. The van der Waals surface area contributed by atoms with Gasteiger partial charge >= 0.3 is 0 Å². The van der Waals surface area contributed by atoms with E-state index >= 15 is 0 Å². The Morgan fingerprint density at radius 3 is 2.85 bits per heavy atom. The fourth-order valence-corrected chi connectivity index (χ4v) is 3.11. The molecule has 0 aliphatic heterocycles. The number of H-pyrrole nitrogens is 1. The van der Waals surface area contributed by atoms with Gasteiger partial charge in [0.1, 0.15) is 5.82 Å². The second kappa shape index (κ2) is 7.20. The topological polar surface area (TPSA) is 61.0 Å². The van der Waals surface area contributed by atoms with Crippen molar-refractivity contribution in [3.8, 4) is 0 Å². The van der Waals surface area contributed by atoms with E-state index in [2.05, 4.69) is 39.5 Å². The highest BCUT2D eigenvalue weighted by atomic mass is 16.1. The van der Waals surface area contributed by atoms with Gasteiger partial charge in [0.05, 0.1) is 16.6 Å². The van der Waals surface area contributed by atoms with Gasteiger partial charge in [-0.2, -0.15) is 0 Å². The summed E-state index contributed by atoms with van der Waals surface area (Å²) in [6.07, 6.45) is 5.22. The van der Waals surface area contributed by atoms with E-state index in [-0.39, 0.29) is 5.91 Å². The molecule has 134 valence electrons. The Balaban J connectivity index is 1.53. The fraction of sp³-hybridized carbons (Fsp3) is 0.333. The van der Waals surface area contributed by atoms with Crippen molar-refractivity contribution in [3.05, 3.63) is 59.8 Å². The number of hydrogen-bond donors (Lipinski definition) is 2. The summed E-state index contributed by atoms with van der Waals surface area (Å²) >= 11 is 0. The second-order valence-electron chi connectivity index (χ2n) is 7.08. The van der Waals surface area contributed by atoms with Crippen molar-refractivity contribution in [2.45, 2.75) is 19.3 Å². The van der Waals surface area contributed by atoms with Gasteiger partial charge in [0.25, 0.3) is 5.91 Å². The summed E-state index contributed by atoms with van der Waals surface area (Å²) in [5.41, 5.74) is 3.59. The van der Waals surface area contributed by atoms with E-state index < -0.39 is 0 Å². The molecule has 2 heterocycles. The van der Waals surface area contributed by atoms with Crippen molar-refractivity contribution in [1.29, 1.82) is 0 Å². The molecule has 0 saturated heterocycles. The average Bonchev–Trinajstić information content (AvgIpc) is 3.39. The predicted molar refractivity (Wildman–Crippen MR) is 105 cm³/mol. The van der Waals surface area contributed by atoms with Crippen LogP contribution in [0.1, 0.15) is 28.8 Å². The van der Waals surface area contributed by atoms with Gasteiger partial charge in [-0.15, -0.1) is 0 Å². The minimum absolute atomic E-state index is 0.0236. The standard InChI is InChI=1S/C21H24N4O/c1-25(12-10-15-5-3-2-4-6-15)19-13-17(20-18(24-19)9-11-22-20)21(26)23-14-16-7-8-16/h2-6,9,11,13,16,22H,7-8,10,12,14H2,1H3,(H,23,26). The summed E-state index contributed by atoms with van der Waals surface area (Å²) in [4.78, 5) is 22.6. The zero-order valence-electron chi connectivity index (χ0n) is 15.0. The highest BCUT2D eigenvalue weighted by Crippen LogP contribution is 2.28. The van der Waals surface area contributed by atoms with Gasteiger partial charge in [-0.1, -0.05) is 30.3 Å². The Hall–Kier alpha value is -2.82. The number of fused-ring (bicyclic) bond motifs is 1. The number of hydrogen-bond acceptors (Lipinski definition) is 3. The summed E-state index contributed by atoms with van der Waals surface area (Å²) < 4.78 is 0. The lowest BCUT2D eigenvalue weighted by atomic mass is 10.1. The summed E-state index contributed by atoms with van der Waals surface area (Å²) in [6, 6.07) is 14.2. The van der Waals surface area contributed by atoms with E-state index in [1.807, 2.05) is 31.4 Å². The summed E-state index contributed by atoms with van der Waals surface area (Å²) in [6.45, 7) is 1.61. The van der Waals surface area contributed by atoms with Crippen molar-refractivity contribution in [3.63, 3.8) is 0 Å². The molecule has 1 amide bonds. The number of aromatic amines is 1. The zero-order chi connectivity index (χ0) is 17.9. The van der Waals surface area contributed by atoms with Crippen LogP contribution in [-0.4, -0.2) is 36.0 Å². The van der Waals surface area contributed by atoms with Crippen LogP contribution in [0.25, 0.3) is 11.0 Å². The smallest absolute Gasteiger partial charge is 0.253 e. The SMILES string of the molecule is CN(CCc1ccccc1)c1cc(C(=O)NCC2CC2)c2[nH]ccc2n1. The number of amides is 1. The number of likely N-dealkylation sites (N-methyl/N-ethyl adjacent to an activating group) is 1. The first-order chi connectivity index (χ1) is 12.7. The third kappa shape index (κ3) is 3.72. The monoisotopic (exact) mass is 348 g/mol. The van der Waals surface area contributed by atoms with Crippen molar-refractivity contribution in [1.82, 2.24) is 15.3 Å². The average molecular weight is 348 g/mol. The Morgan fingerprint density at radius 2 is 2.08 bits per heavy atom. The van der Waals surface area contributed by atoms with Crippen molar-refractivity contribution in [2.24, 2.45) is 5.92 Å². The number of benzene rings is 1. The van der Waals surface area contributed by atoms with Crippen LogP contribution < -0.4 is 10.2 Å². The molecule has 5 nitrogen and oxygen atoms in total. The molecule has 1 fully saturated rings. The maximum absolute atomic E-state index is 12.7. The maximum atomic E-state index is 12.7. The molecule has 5 heteroatoms. The van der Waals surface area contributed by atoms with E-state index in [9.17, 15) is 4.79 Å². The summed E-state index contributed by atoms with van der Waals surface area (Å²) in [5, 5.41) is 3.06. The Kier molecular flexibility index (Phi) is 4.61. The van der Waals surface area contributed by atoms with Gasteiger partial charge < -0.3 is 15.2 Å². The van der Waals surface area contributed by atoms with Gasteiger partial charge in [-0.05, 0) is 42.9 Å². The Labute approximate surface area is 153 Å². The van der Waals surface area contributed by atoms with Crippen LogP contribution in [0.15, 0.2) is 48.7 Å². The van der Waals surface area contributed by atoms with E-state index in [0.29, 0.717) is 11.5 Å². The second-order valence-corrected chi connectivity index (χ2v) is 7.08. The number of pyridine rings is 1. The van der Waals surface area contributed by atoms with Crippen LogP contribution in [0.4, 0.5) is 5.82 Å². The number of nitrogens with one attached hydrogen (secondary N) is 2. The molecule has 26 heavy (non-hydrogen) atoms. The molecule has 1 saturated carbocycles. The van der Waals surface area contributed by atoms with Crippen molar-refractivity contribution < 1.29 is 4.79 Å². The fourth-order valence-electron chi connectivity index (χ4n) is 3.11. The summed E-state index contributed by atoms with van der Waals surface area (Å²) in [7, 11) is 2.02. The quantitative estimate of drug-likeness (QED) is 0.688. The molecule has 3 aromatic rings. The van der Waals surface area contributed by atoms with Gasteiger partial charge in [0.15, 0.2) is 0 Å².